The number of hydrogen-bond donors (Lipinski definition) is 2. The van der Waals surface area contributed by atoms with Gasteiger partial charge in [0.25, 0.3) is 0 Å². The SMILES string of the molecule is Nc1c(F)c(F)c(OC(F)(F)C(F)(F)Oc2c(F)c(F)c(N)c(F)c2F)c(F)c1F. The Bertz CT molecular complexity index is 887. The van der Waals surface area contributed by atoms with E-state index in [4.69, 9.17) is 0 Å². The number of nitrogen functional groups attached to an aromatic ring is 2. The minimum absolute atomic E-state index is 1.86. The van der Waals surface area contributed by atoms with Crippen molar-refractivity contribution < 1.29 is 62.2 Å². The minimum atomic E-state index is -6.34. The Kier molecular flexibility index (Phi) is 5.57. The molecule has 16 heteroatoms. The van der Waals surface area contributed by atoms with Gasteiger partial charge in [-0.05, 0) is 0 Å². The van der Waals surface area contributed by atoms with Crippen LogP contribution in [-0.2, 0) is 0 Å². The first-order chi connectivity index (χ1) is 13.5. The van der Waals surface area contributed by atoms with E-state index in [1.54, 1.807) is 0 Å². The summed E-state index contributed by atoms with van der Waals surface area (Å²) in [5.74, 6) is -26.7. The molecule has 0 aliphatic heterocycles. The summed E-state index contributed by atoms with van der Waals surface area (Å²) in [6.45, 7) is 0. The summed E-state index contributed by atoms with van der Waals surface area (Å²) in [5.41, 5.74) is 5.41. The number of hydrogen-bond acceptors (Lipinski definition) is 4. The maximum atomic E-state index is 13.7. The molecule has 0 aromatic heterocycles. The largest absolute Gasteiger partial charge is 0.507 e. The summed E-state index contributed by atoms with van der Waals surface area (Å²) in [5, 5.41) is 0. The van der Waals surface area contributed by atoms with E-state index in [1.807, 2.05) is 0 Å². The molecule has 0 aliphatic rings. The molecular formula is C14H4F12N2O2. The first-order valence-electron chi connectivity index (χ1n) is 6.91. The standard InChI is InChI=1S/C14H4F12N2O2/c15-1-5(19)11(6(20)2(16)9(1)27)29-13(23,24)14(25,26)30-12-7(21)3(17)10(28)4(18)8(12)22/h27-28H2. The maximum absolute atomic E-state index is 13.7. The highest BCUT2D eigenvalue weighted by molar-refractivity contribution is 5.48. The average molecular weight is 460 g/mol. The van der Waals surface area contributed by atoms with E-state index in [-0.39, 0.29) is 0 Å². The van der Waals surface area contributed by atoms with E-state index in [0.29, 0.717) is 0 Å². The molecule has 2 aromatic rings. The number of anilines is 2. The molecular weight excluding hydrogens is 456 g/mol. The van der Waals surface area contributed by atoms with Crippen LogP contribution in [0.3, 0.4) is 0 Å². The highest BCUT2D eigenvalue weighted by Crippen LogP contribution is 2.43. The Morgan fingerprint density at radius 3 is 0.833 bits per heavy atom. The van der Waals surface area contributed by atoms with Gasteiger partial charge in [0.05, 0.1) is 0 Å². The predicted molar refractivity (Wildman–Crippen MR) is 72.5 cm³/mol. The van der Waals surface area contributed by atoms with Gasteiger partial charge in [0.2, 0.25) is 34.8 Å². The molecule has 0 saturated carbocycles. The van der Waals surface area contributed by atoms with Crippen molar-refractivity contribution in [2.24, 2.45) is 0 Å². The van der Waals surface area contributed by atoms with Gasteiger partial charge < -0.3 is 20.9 Å². The van der Waals surface area contributed by atoms with E-state index in [2.05, 4.69) is 20.9 Å². The van der Waals surface area contributed by atoms with Crippen LogP contribution in [0.2, 0.25) is 0 Å². The second-order valence-corrected chi connectivity index (χ2v) is 5.24. The molecule has 4 nitrogen and oxygen atoms in total. The van der Waals surface area contributed by atoms with Gasteiger partial charge in [0.1, 0.15) is 11.4 Å². The lowest BCUT2D eigenvalue weighted by Crippen LogP contribution is -2.50. The number of alkyl halides is 4. The maximum Gasteiger partial charge on any atom is 0.507 e. The van der Waals surface area contributed by atoms with E-state index >= 15 is 0 Å². The van der Waals surface area contributed by atoms with Crippen molar-refractivity contribution in [3.8, 4) is 11.5 Å². The lowest BCUT2D eigenvalue weighted by Gasteiger charge is -2.27. The van der Waals surface area contributed by atoms with Crippen molar-refractivity contribution in [2.75, 3.05) is 11.5 Å². The highest BCUT2D eigenvalue weighted by Gasteiger charge is 2.64. The number of rotatable bonds is 5. The molecule has 0 saturated heterocycles. The Hall–Kier alpha value is -3.20. The molecule has 0 spiro atoms. The zero-order valence-electron chi connectivity index (χ0n) is 13.5. The third kappa shape index (κ3) is 3.45. The van der Waals surface area contributed by atoms with Gasteiger partial charge in [-0.2, -0.15) is 35.1 Å². The van der Waals surface area contributed by atoms with Crippen molar-refractivity contribution in [3.63, 3.8) is 0 Å². The van der Waals surface area contributed by atoms with Gasteiger partial charge in [0.15, 0.2) is 23.3 Å². The van der Waals surface area contributed by atoms with Crippen LogP contribution in [0.25, 0.3) is 0 Å². The third-order valence-electron chi connectivity index (χ3n) is 3.31. The highest BCUT2D eigenvalue weighted by atomic mass is 19.3. The Labute approximate surface area is 156 Å². The number of nitrogens with two attached hydrogens (primary N) is 2. The molecule has 0 heterocycles. The summed E-state index contributed by atoms with van der Waals surface area (Å²) < 4.78 is 167. The molecule has 0 atom stereocenters. The molecule has 0 radical (unpaired) electrons. The van der Waals surface area contributed by atoms with Crippen molar-refractivity contribution >= 4 is 11.4 Å². The molecule has 166 valence electrons. The van der Waals surface area contributed by atoms with Crippen LogP contribution < -0.4 is 20.9 Å². The summed E-state index contributed by atoms with van der Waals surface area (Å²) >= 11 is 0. The van der Waals surface area contributed by atoms with E-state index in [9.17, 15) is 52.7 Å². The zero-order chi connectivity index (χ0) is 23.3. The first kappa shape index (κ1) is 23.1. The molecule has 0 bridgehead atoms. The normalized spacial score (nSPS) is 12.3. The number of benzene rings is 2. The Morgan fingerprint density at radius 2 is 0.633 bits per heavy atom. The molecule has 0 unspecified atom stereocenters. The van der Waals surface area contributed by atoms with Crippen molar-refractivity contribution in [2.45, 2.75) is 12.2 Å². The van der Waals surface area contributed by atoms with Crippen LogP contribution in [0.4, 0.5) is 64.1 Å². The van der Waals surface area contributed by atoms with Crippen molar-refractivity contribution in [3.05, 3.63) is 46.5 Å². The fourth-order valence-corrected chi connectivity index (χ4v) is 1.81. The second-order valence-electron chi connectivity index (χ2n) is 5.24. The molecule has 2 aromatic carbocycles. The number of ether oxygens (including phenoxy) is 2. The van der Waals surface area contributed by atoms with Gasteiger partial charge in [-0.25, -0.2) is 17.6 Å². The van der Waals surface area contributed by atoms with Crippen LogP contribution in [0.5, 0.6) is 11.5 Å². The van der Waals surface area contributed by atoms with Crippen LogP contribution in [0.15, 0.2) is 0 Å². The summed E-state index contributed by atoms with van der Waals surface area (Å²) in [6, 6.07) is 0. The van der Waals surface area contributed by atoms with E-state index in [0.717, 1.165) is 0 Å². The molecule has 0 amide bonds. The van der Waals surface area contributed by atoms with E-state index < -0.39 is 81.6 Å². The fourth-order valence-electron chi connectivity index (χ4n) is 1.81. The van der Waals surface area contributed by atoms with E-state index in [1.165, 1.54) is 0 Å². The van der Waals surface area contributed by atoms with Crippen LogP contribution in [0.1, 0.15) is 0 Å². The molecule has 4 N–H and O–H groups in total. The smallest absolute Gasteiger partial charge is 0.418 e. The lowest BCUT2D eigenvalue weighted by atomic mass is 10.2. The molecule has 2 rings (SSSR count). The van der Waals surface area contributed by atoms with Gasteiger partial charge >= 0.3 is 12.2 Å². The van der Waals surface area contributed by atoms with Gasteiger partial charge in [-0.15, -0.1) is 0 Å². The summed E-state index contributed by atoms with van der Waals surface area (Å²) in [7, 11) is 0. The van der Waals surface area contributed by atoms with Gasteiger partial charge in [0, 0.05) is 0 Å². The van der Waals surface area contributed by atoms with Gasteiger partial charge in [-0.1, -0.05) is 0 Å². The second kappa shape index (κ2) is 7.24. The topological polar surface area (TPSA) is 70.5 Å². The lowest BCUT2D eigenvalue weighted by molar-refractivity contribution is -0.381. The summed E-state index contributed by atoms with van der Waals surface area (Å²) in [4.78, 5) is 0. The van der Waals surface area contributed by atoms with Crippen molar-refractivity contribution in [1.29, 1.82) is 0 Å². The monoisotopic (exact) mass is 460 g/mol. The quantitative estimate of drug-likeness (QED) is 0.389. The molecule has 0 fully saturated rings. The van der Waals surface area contributed by atoms with Crippen LogP contribution >= 0.6 is 0 Å². The Morgan fingerprint density at radius 1 is 0.433 bits per heavy atom. The molecule has 30 heavy (non-hydrogen) atoms. The Balaban J connectivity index is 2.52. The van der Waals surface area contributed by atoms with Gasteiger partial charge in [-0.3, -0.25) is 0 Å². The van der Waals surface area contributed by atoms with Crippen LogP contribution in [0, 0.1) is 46.5 Å². The third-order valence-corrected chi connectivity index (χ3v) is 3.31. The zero-order valence-corrected chi connectivity index (χ0v) is 13.5. The average Bonchev–Trinajstić information content (AvgIpc) is 2.68. The molecule has 0 aliphatic carbocycles. The minimum Gasteiger partial charge on any atom is -0.418 e. The fraction of sp³-hybridized carbons (Fsp3) is 0.143. The number of halogens is 12. The first-order valence-corrected chi connectivity index (χ1v) is 6.91. The van der Waals surface area contributed by atoms with Crippen LogP contribution in [-0.4, -0.2) is 12.2 Å². The summed E-state index contributed by atoms with van der Waals surface area (Å²) in [6.07, 6.45) is -12.7. The predicted octanol–water partition coefficient (Wildman–Crippen LogP) is 4.61. The van der Waals surface area contributed by atoms with Crippen molar-refractivity contribution in [1.82, 2.24) is 0 Å².